The van der Waals surface area contributed by atoms with E-state index in [9.17, 15) is 9.59 Å². The van der Waals surface area contributed by atoms with Crippen molar-refractivity contribution in [2.75, 3.05) is 0 Å². The maximum absolute atomic E-state index is 12.2. The largest absolute Gasteiger partial charge is 0.347 e. The van der Waals surface area contributed by atoms with E-state index in [1.807, 2.05) is 60.7 Å². The molecule has 0 aliphatic carbocycles. The fourth-order valence-corrected chi connectivity index (χ4v) is 2.31. The molecule has 0 saturated carbocycles. The lowest BCUT2D eigenvalue weighted by Gasteiger charge is -2.08. The minimum atomic E-state index is -0.305. The summed E-state index contributed by atoms with van der Waals surface area (Å²) in [5, 5.41) is 6.98. The monoisotopic (exact) mass is 319 g/mol. The fraction of sp³-hybridized carbons (Fsp3) is 0.105. The predicted octanol–water partition coefficient (Wildman–Crippen LogP) is 2.22. The maximum atomic E-state index is 12.2. The quantitative estimate of drug-likeness (QED) is 0.784. The Labute approximate surface area is 139 Å². The number of nitrogens with one attached hydrogen (secondary N) is 1. The van der Waals surface area contributed by atoms with Crippen molar-refractivity contribution >= 4 is 5.91 Å². The number of benzene rings is 2. The van der Waals surface area contributed by atoms with Crippen LogP contribution in [0.25, 0.3) is 0 Å². The third-order valence-electron chi connectivity index (χ3n) is 3.57. The van der Waals surface area contributed by atoms with Gasteiger partial charge in [-0.25, -0.2) is 4.68 Å². The Morgan fingerprint density at radius 2 is 1.50 bits per heavy atom. The molecule has 5 heteroatoms. The van der Waals surface area contributed by atoms with Gasteiger partial charge in [0, 0.05) is 12.6 Å². The van der Waals surface area contributed by atoms with Gasteiger partial charge < -0.3 is 5.32 Å². The Morgan fingerprint density at radius 3 is 2.17 bits per heavy atom. The van der Waals surface area contributed by atoms with Gasteiger partial charge in [-0.05, 0) is 17.2 Å². The first kappa shape index (κ1) is 15.7. The van der Waals surface area contributed by atoms with Crippen molar-refractivity contribution in [2.45, 2.75) is 13.1 Å². The van der Waals surface area contributed by atoms with Gasteiger partial charge in [0.2, 0.25) is 0 Å². The van der Waals surface area contributed by atoms with Crippen molar-refractivity contribution in [2.24, 2.45) is 0 Å². The van der Waals surface area contributed by atoms with Crippen LogP contribution in [-0.2, 0) is 13.1 Å². The topological polar surface area (TPSA) is 64.0 Å². The smallest absolute Gasteiger partial charge is 0.271 e. The van der Waals surface area contributed by atoms with Gasteiger partial charge in [-0.1, -0.05) is 60.7 Å². The second-order valence-electron chi connectivity index (χ2n) is 5.37. The molecule has 0 aliphatic heterocycles. The zero-order chi connectivity index (χ0) is 16.8. The third-order valence-corrected chi connectivity index (χ3v) is 3.57. The summed E-state index contributed by atoms with van der Waals surface area (Å²) >= 11 is 0. The van der Waals surface area contributed by atoms with Crippen LogP contribution in [0.3, 0.4) is 0 Å². The number of aromatic nitrogens is 2. The zero-order valence-electron chi connectivity index (χ0n) is 13.1. The molecule has 0 radical (unpaired) electrons. The Balaban J connectivity index is 1.73. The average molecular weight is 319 g/mol. The number of carbonyl (C=O) groups is 1. The fourth-order valence-electron chi connectivity index (χ4n) is 2.31. The summed E-state index contributed by atoms with van der Waals surface area (Å²) in [6.07, 6.45) is 0. The summed E-state index contributed by atoms with van der Waals surface area (Å²) in [5.41, 5.74) is 1.94. The van der Waals surface area contributed by atoms with Gasteiger partial charge in [-0.3, -0.25) is 9.59 Å². The number of hydrogen-bond acceptors (Lipinski definition) is 3. The van der Waals surface area contributed by atoms with Gasteiger partial charge in [0.25, 0.3) is 11.5 Å². The first-order chi connectivity index (χ1) is 11.7. The molecule has 120 valence electrons. The van der Waals surface area contributed by atoms with E-state index in [-0.39, 0.29) is 17.2 Å². The van der Waals surface area contributed by atoms with Gasteiger partial charge in [0.05, 0.1) is 6.54 Å². The van der Waals surface area contributed by atoms with Gasteiger partial charge in [0.15, 0.2) is 0 Å². The minimum absolute atomic E-state index is 0.224. The van der Waals surface area contributed by atoms with E-state index < -0.39 is 0 Å². The lowest BCUT2D eigenvalue weighted by Crippen LogP contribution is -2.29. The number of rotatable bonds is 5. The van der Waals surface area contributed by atoms with Crippen molar-refractivity contribution < 1.29 is 4.79 Å². The van der Waals surface area contributed by atoms with Crippen LogP contribution in [0.5, 0.6) is 0 Å². The third kappa shape index (κ3) is 3.95. The second-order valence-corrected chi connectivity index (χ2v) is 5.37. The number of nitrogens with zero attached hydrogens (tertiary/aromatic N) is 2. The van der Waals surface area contributed by atoms with Gasteiger partial charge in [-0.15, -0.1) is 0 Å². The van der Waals surface area contributed by atoms with E-state index in [2.05, 4.69) is 10.4 Å². The Morgan fingerprint density at radius 1 is 0.875 bits per heavy atom. The molecule has 0 unspecified atom stereocenters. The molecule has 0 spiro atoms. The predicted molar refractivity (Wildman–Crippen MR) is 91.7 cm³/mol. The van der Waals surface area contributed by atoms with E-state index >= 15 is 0 Å². The Bertz CT molecular complexity index is 874. The molecule has 2 aromatic carbocycles. The maximum Gasteiger partial charge on any atom is 0.271 e. The number of carbonyl (C=O) groups excluding carboxylic acids is 1. The molecular formula is C19H17N3O2. The summed E-state index contributed by atoms with van der Waals surface area (Å²) in [5.74, 6) is -0.305. The van der Waals surface area contributed by atoms with Gasteiger partial charge >= 0.3 is 0 Å². The van der Waals surface area contributed by atoms with Crippen molar-refractivity contribution in [3.8, 4) is 0 Å². The van der Waals surface area contributed by atoms with Crippen LogP contribution in [0.1, 0.15) is 21.6 Å². The standard InChI is InChI=1S/C19H17N3O2/c23-18-12-11-17(19(24)20-13-15-7-3-1-4-8-15)21-22(18)14-16-9-5-2-6-10-16/h1-12H,13-14H2,(H,20,24). The highest BCUT2D eigenvalue weighted by Crippen LogP contribution is 2.01. The lowest BCUT2D eigenvalue weighted by atomic mass is 10.2. The van der Waals surface area contributed by atoms with Crippen LogP contribution in [0.2, 0.25) is 0 Å². The van der Waals surface area contributed by atoms with E-state index in [0.29, 0.717) is 13.1 Å². The summed E-state index contributed by atoms with van der Waals surface area (Å²) in [6.45, 7) is 0.749. The lowest BCUT2D eigenvalue weighted by molar-refractivity contribution is 0.0943. The van der Waals surface area contributed by atoms with Crippen LogP contribution in [0.15, 0.2) is 77.6 Å². The molecule has 1 aromatic heterocycles. The molecular weight excluding hydrogens is 302 g/mol. The molecule has 1 heterocycles. The second kappa shape index (κ2) is 7.37. The first-order valence-electron chi connectivity index (χ1n) is 7.66. The molecule has 5 nitrogen and oxygen atoms in total. The molecule has 3 aromatic rings. The van der Waals surface area contributed by atoms with Crippen molar-refractivity contribution in [3.63, 3.8) is 0 Å². The molecule has 0 saturated heterocycles. The van der Waals surface area contributed by atoms with Crippen LogP contribution in [0.4, 0.5) is 0 Å². The Hall–Kier alpha value is -3.21. The Kier molecular flexibility index (Phi) is 4.81. The summed E-state index contributed by atoms with van der Waals surface area (Å²) in [4.78, 5) is 24.2. The van der Waals surface area contributed by atoms with E-state index in [1.54, 1.807) is 0 Å². The van der Waals surface area contributed by atoms with Crippen molar-refractivity contribution in [3.05, 3.63) is 100.0 Å². The van der Waals surface area contributed by atoms with E-state index in [1.165, 1.54) is 16.8 Å². The highest BCUT2D eigenvalue weighted by Gasteiger charge is 2.09. The summed E-state index contributed by atoms with van der Waals surface area (Å²) in [6, 6.07) is 22.0. The molecule has 3 rings (SSSR count). The number of amides is 1. The minimum Gasteiger partial charge on any atom is -0.347 e. The highest BCUT2D eigenvalue weighted by molar-refractivity contribution is 5.91. The SMILES string of the molecule is O=C(NCc1ccccc1)c1ccc(=O)n(Cc2ccccc2)n1. The summed E-state index contributed by atoms with van der Waals surface area (Å²) in [7, 11) is 0. The average Bonchev–Trinajstić information content (AvgIpc) is 2.63. The van der Waals surface area contributed by atoms with Gasteiger partial charge in [0.1, 0.15) is 5.69 Å². The normalized spacial score (nSPS) is 10.3. The molecule has 24 heavy (non-hydrogen) atoms. The number of hydrogen-bond donors (Lipinski definition) is 1. The van der Waals surface area contributed by atoms with Gasteiger partial charge in [-0.2, -0.15) is 5.10 Å². The van der Waals surface area contributed by atoms with E-state index in [0.717, 1.165) is 11.1 Å². The van der Waals surface area contributed by atoms with Crippen LogP contribution >= 0.6 is 0 Å². The van der Waals surface area contributed by atoms with Crippen molar-refractivity contribution in [1.82, 2.24) is 15.1 Å². The molecule has 0 atom stereocenters. The van der Waals surface area contributed by atoms with E-state index in [4.69, 9.17) is 0 Å². The molecule has 0 bridgehead atoms. The highest BCUT2D eigenvalue weighted by atomic mass is 16.2. The van der Waals surface area contributed by atoms with Crippen molar-refractivity contribution in [1.29, 1.82) is 0 Å². The van der Waals surface area contributed by atoms with Crippen LogP contribution in [-0.4, -0.2) is 15.7 Å². The summed E-state index contributed by atoms with van der Waals surface area (Å²) < 4.78 is 1.30. The molecule has 0 aliphatic rings. The zero-order valence-corrected chi connectivity index (χ0v) is 13.1. The molecule has 0 fully saturated rings. The van der Waals surface area contributed by atoms with Crippen LogP contribution < -0.4 is 10.9 Å². The molecule has 1 N–H and O–H groups in total. The molecule has 1 amide bonds. The van der Waals surface area contributed by atoms with Crippen LogP contribution in [0, 0.1) is 0 Å². The first-order valence-corrected chi connectivity index (χ1v) is 7.66.